The molecule has 0 aliphatic carbocycles. The summed E-state index contributed by atoms with van der Waals surface area (Å²) >= 11 is 0. The van der Waals surface area contributed by atoms with Crippen molar-refractivity contribution in [2.24, 2.45) is 0 Å². The van der Waals surface area contributed by atoms with E-state index in [-0.39, 0.29) is 19.0 Å². The SMILES string of the molecule is C[C@@H](O)[C@@H](C(=O)NCc1ncccn1)N1CC2(CCCN2C(=O)OC(C)(C)C)C1=O. The summed E-state index contributed by atoms with van der Waals surface area (Å²) in [6.45, 7) is 7.45. The van der Waals surface area contributed by atoms with Gasteiger partial charge in [-0.3, -0.25) is 14.5 Å². The van der Waals surface area contributed by atoms with Gasteiger partial charge in [0.2, 0.25) is 5.91 Å². The van der Waals surface area contributed by atoms with Gasteiger partial charge in [-0.2, -0.15) is 0 Å². The summed E-state index contributed by atoms with van der Waals surface area (Å²) in [4.78, 5) is 49.3. The molecule has 10 heteroatoms. The zero-order valence-electron chi connectivity index (χ0n) is 17.8. The highest BCUT2D eigenvalue weighted by Crippen LogP contribution is 2.41. The van der Waals surface area contributed by atoms with E-state index in [1.807, 2.05) is 0 Å². The number of hydrogen-bond acceptors (Lipinski definition) is 7. The minimum atomic E-state index is -1.08. The lowest BCUT2D eigenvalue weighted by molar-refractivity contribution is -0.171. The number of aliphatic hydroxyl groups excluding tert-OH is 1. The Morgan fingerprint density at radius 1 is 1.33 bits per heavy atom. The van der Waals surface area contributed by atoms with Gasteiger partial charge in [0.1, 0.15) is 23.0 Å². The Bertz CT molecular complexity index is 810. The highest BCUT2D eigenvalue weighted by atomic mass is 16.6. The Labute approximate surface area is 175 Å². The van der Waals surface area contributed by atoms with Crippen LogP contribution in [0.3, 0.4) is 0 Å². The van der Waals surface area contributed by atoms with Gasteiger partial charge in [0.15, 0.2) is 0 Å². The van der Waals surface area contributed by atoms with Gasteiger partial charge in [-0.15, -0.1) is 0 Å². The van der Waals surface area contributed by atoms with Crippen molar-refractivity contribution in [2.45, 2.75) is 70.4 Å². The Morgan fingerprint density at radius 2 is 2.00 bits per heavy atom. The smallest absolute Gasteiger partial charge is 0.411 e. The molecule has 0 bridgehead atoms. The number of ether oxygens (including phenoxy) is 1. The number of nitrogens with one attached hydrogen (secondary N) is 1. The van der Waals surface area contributed by atoms with Crippen LogP contribution in [0.2, 0.25) is 0 Å². The fourth-order valence-corrected chi connectivity index (χ4v) is 3.98. The maximum absolute atomic E-state index is 13.2. The number of likely N-dealkylation sites (tertiary alicyclic amines) is 2. The van der Waals surface area contributed by atoms with E-state index in [9.17, 15) is 19.5 Å². The van der Waals surface area contributed by atoms with Gasteiger partial charge in [0.25, 0.3) is 5.91 Å². The number of carbonyl (C=O) groups excluding carboxylic acids is 3. The largest absolute Gasteiger partial charge is 0.444 e. The molecule has 2 saturated heterocycles. The molecule has 1 aromatic rings. The standard InChI is InChI=1S/C20H29N5O5/c1-13(26)15(16(27)23-11-14-21-8-6-9-22-14)24-12-20(17(24)28)7-5-10-25(20)18(29)30-19(2,3)4/h6,8-9,13,15,26H,5,7,10-12H2,1-4H3,(H,23,27)/t13-,15+,20?/m1/s1. The van der Waals surface area contributed by atoms with Gasteiger partial charge in [-0.05, 0) is 46.6 Å². The van der Waals surface area contributed by atoms with Crippen molar-refractivity contribution < 1.29 is 24.2 Å². The van der Waals surface area contributed by atoms with Crippen molar-refractivity contribution in [3.8, 4) is 0 Å². The first kappa shape index (κ1) is 21.9. The van der Waals surface area contributed by atoms with Crippen molar-refractivity contribution in [1.82, 2.24) is 25.1 Å². The highest BCUT2D eigenvalue weighted by molar-refractivity contribution is 5.99. The predicted octanol–water partition coefficient (Wildman–Crippen LogP) is 0.454. The quantitative estimate of drug-likeness (QED) is 0.664. The van der Waals surface area contributed by atoms with Crippen LogP contribution in [0.15, 0.2) is 18.5 Å². The Morgan fingerprint density at radius 3 is 2.57 bits per heavy atom. The van der Waals surface area contributed by atoms with Crippen LogP contribution in [0.25, 0.3) is 0 Å². The Balaban J connectivity index is 1.69. The molecule has 30 heavy (non-hydrogen) atoms. The lowest BCUT2D eigenvalue weighted by Crippen LogP contribution is -2.77. The molecule has 10 nitrogen and oxygen atoms in total. The van der Waals surface area contributed by atoms with Gasteiger partial charge in [-0.25, -0.2) is 14.8 Å². The minimum absolute atomic E-state index is 0.0834. The fraction of sp³-hybridized carbons (Fsp3) is 0.650. The molecule has 1 spiro atoms. The zero-order valence-corrected chi connectivity index (χ0v) is 17.8. The van der Waals surface area contributed by atoms with Crippen LogP contribution in [-0.4, -0.2) is 79.2 Å². The molecule has 1 unspecified atom stereocenters. The molecule has 2 fully saturated rings. The molecule has 164 valence electrons. The summed E-state index contributed by atoms with van der Waals surface area (Å²) in [6.07, 6.45) is 2.69. The average molecular weight is 419 g/mol. The van der Waals surface area contributed by atoms with Crippen molar-refractivity contribution in [3.63, 3.8) is 0 Å². The van der Waals surface area contributed by atoms with Crippen LogP contribution in [0.5, 0.6) is 0 Å². The van der Waals surface area contributed by atoms with Gasteiger partial charge >= 0.3 is 6.09 Å². The first-order chi connectivity index (χ1) is 14.0. The van der Waals surface area contributed by atoms with E-state index >= 15 is 0 Å². The van der Waals surface area contributed by atoms with Gasteiger partial charge in [0.05, 0.1) is 19.2 Å². The van der Waals surface area contributed by atoms with Gasteiger partial charge in [0, 0.05) is 18.9 Å². The summed E-state index contributed by atoms with van der Waals surface area (Å²) in [6, 6.07) is 0.605. The van der Waals surface area contributed by atoms with Gasteiger partial charge in [-0.1, -0.05) is 0 Å². The molecule has 2 aliphatic rings. The van der Waals surface area contributed by atoms with E-state index in [1.54, 1.807) is 39.2 Å². The Kier molecular flexibility index (Phi) is 5.98. The van der Waals surface area contributed by atoms with Crippen molar-refractivity contribution in [3.05, 3.63) is 24.3 Å². The molecule has 0 radical (unpaired) electrons. The number of carbonyl (C=O) groups is 3. The number of nitrogens with zero attached hydrogens (tertiary/aromatic N) is 4. The van der Waals surface area contributed by atoms with E-state index < -0.39 is 35.3 Å². The van der Waals surface area contributed by atoms with Gasteiger partial charge < -0.3 is 20.1 Å². The first-order valence-electron chi connectivity index (χ1n) is 10.1. The molecule has 1 aromatic heterocycles. The number of aromatic nitrogens is 2. The summed E-state index contributed by atoms with van der Waals surface area (Å²) in [5, 5.41) is 12.9. The molecule has 2 N–H and O–H groups in total. The van der Waals surface area contributed by atoms with Crippen LogP contribution in [0.4, 0.5) is 4.79 Å². The molecular weight excluding hydrogens is 390 g/mol. The fourth-order valence-electron chi connectivity index (χ4n) is 3.98. The van der Waals surface area contributed by atoms with Crippen molar-refractivity contribution in [2.75, 3.05) is 13.1 Å². The average Bonchev–Trinajstić information content (AvgIpc) is 3.12. The number of amides is 3. The third kappa shape index (κ3) is 4.23. The molecule has 0 aromatic carbocycles. The second kappa shape index (κ2) is 8.17. The maximum Gasteiger partial charge on any atom is 0.411 e. The molecule has 3 atom stereocenters. The van der Waals surface area contributed by atoms with Crippen LogP contribution < -0.4 is 5.32 Å². The second-order valence-electron chi connectivity index (χ2n) is 8.77. The summed E-state index contributed by atoms with van der Waals surface area (Å²) in [5.74, 6) is -0.418. The first-order valence-corrected chi connectivity index (χ1v) is 10.1. The Hall–Kier alpha value is -2.75. The normalized spacial score (nSPS) is 23.2. The summed E-state index contributed by atoms with van der Waals surface area (Å²) in [5.41, 5.74) is -1.67. The number of aliphatic hydroxyl groups is 1. The van der Waals surface area contributed by atoms with Crippen LogP contribution >= 0.6 is 0 Å². The summed E-state index contributed by atoms with van der Waals surface area (Å²) < 4.78 is 5.45. The monoisotopic (exact) mass is 419 g/mol. The minimum Gasteiger partial charge on any atom is -0.444 e. The number of rotatable bonds is 5. The van der Waals surface area contributed by atoms with E-state index in [4.69, 9.17) is 4.74 Å². The zero-order chi connectivity index (χ0) is 22.1. The van der Waals surface area contributed by atoms with E-state index in [0.29, 0.717) is 25.2 Å². The molecule has 2 aliphatic heterocycles. The summed E-state index contributed by atoms with van der Waals surface area (Å²) in [7, 11) is 0. The van der Waals surface area contributed by atoms with Crippen molar-refractivity contribution in [1.29, 1.82) is 0 Å². The van der Waals surface area contributed by atoms with Crippen LogP contribution in [0, 0.1) is 0 Å². The number of hydrogen-bond donors (Lipinski definition) is 2. The molecule has 0 saturated carbocycles. The molecule has 3 amide bonds. The van der Waals surface area contributed by atoms with E-state index in [0.717, 1.165) is 0 Å². The van der Waals surface area contributed by atoms with E-state index in [1.165, 1.54) is 16.7 Å². The second-order valence-corrected chi connectivity index (χ2v) is 8.77. The third-order valence-corrected chi connectivity index (χ3v) is 5.29. The highest BCUT2D eigenvalue weighted by Gasteiger charge is 2.62. The molecular formula is C20H29N5O5. The van der Waals surface area contributed by atoms with Crippen LogP contribution in [-0.2, 0) is 20.9 Å². The van der Waals surface area contributed by atoms with Crippen molar-refractivity contribution >= 4 is 17.9 Å². The third-order valence-electron chi connectivity index (χ3n) is 5.29. The lowest BCUT2D eigenvalue weighted by Gasteiger charge is -2.53. The lowest BCUT2D eigenvalue weighted by atomic mass is 9.83. The van der Waals surface area contributed by atoms with E-state index in [2.05, 4.69) is 15.3 Å². The number of β-lactam (4-membered cyclic amide) rings is 1. The maximum atomic E-state index is 13.2. The topological polar surface area (TPSA) is 125 Å². The molecule has 3 heterocycles. The predicted molar refractivity (Wildman–Crippen MR) is 106 cm³/mol. The van der Waals surface area contributed by atoms with Crippen LogP contribution in [0.1, 0.15) is 46.4 Å². The molecule has 3 rings (SSSR count).